The van der Waals surface area contributed by atoms with Crippen LogP contribution in [0.2, 0.25) is 0 Å². The molecule has 7 N–H and O–H groups in total. The number of hydrogen-bond donors (Lipinski definition) is 3. The topological polar surface area (TPSA) is 137 Å². The largest absolute Gasteiger partial charge is 0.744 e. The SMILES string of the molecule is CC(C)[NH3+].Nc1ccc(S(=O)(=O)[O-])c(N)c1. The van der Waals surface area contributed by atoms with Crippen LogP contribution < -0.4 is 17.2 Å². The van der Waals surface area contributed by atoms with Crippen LogP contribution in [0, 0.1) is 0 Å². The summed E-state index contributed by atoms with van der Waals surface area (Å²) in [4.78, 5) is -0.434. The van der Waals surface area contributed by atoms with E-state index in [-0.39, 0.29) is 5.69 Å². The first-order valence-corrected chi connectivity index (χ1v) is 5.99. The van der Waals surface area contributed by atoms with Crippen LogP contribution in [0.5, 0.6) is 0 Å². The lowest BCUT2D eigenvalue weighted by Gasteiger charge is -2.09. The summed E-state index contributed by atoms with van der Waals surface area (Å²) >= 11 is 0. The van der Waals surface area contributed by atoms with Gasteiger partial charge in [-0.05, 0) is 32.0 Å². The molecule has 0 aliphatic heterocycles. The van der Waals surface area contributed by atoms with Crippen LogP contribution in [0.3, 0.4) is 0 Å². The Morgan fingerprint density at radius 1 is 1.31 bits per heavy atom. The Balaban J connectivity index is 0.000000487. The van der Waals surface area contributed by atoms with Gasteiger partial charge >= 0.3 is 0 Å². The minimum Gasteiger partial charge on any atom is -0.744 e. The van der Waals surface area contributed by atoms with E-state index in [4.69, 9.17) is 11.5 Å². The van der Waals surface area contributed by atoms with Gasteiger partial charge in [0, 0.05) is 5.69 Å². The number of hydrogen-bond acceptors (Lipinski definition) is 5. The van der Waals surface area contributed by atoms with Crippen LogP contribution in [-0.2, 0) is 10.1 Å². The molecule has 0 aliphatic rings. The predicted octanol–water partition coefficient (Wildman–Crippen LogP) is -0.608. The van der Waals surface area contributed by atoms with Crippen molar-refractivity contribution in [3.05, 3.63) is 18.2 Å². The van der Waals surface area contributed by atoms with Gasteiger partial charge in [-0.1, -0.05) is 0 Å². The molecule has 16 heavy (non-hydrogen) atoms. The summed E-state index contributed by atoms with van der Waals surface area (Å²) < 4.78 is 31.5. The Kier molecular flexibility index (Phi) is 5.22. The molecule has 0 bridgehead atoms. The van der Waals surface area contributed by atoms with E-state index >= 15 is 0 Å². The fourth-order valence-electron chi connectivity index (χ4n) is 0.795. The standard InChI is InChI=1S/C6H8N2O3S.C3H9N/c7-4-1-2-6(5(8)3-4)12(9,10)11;1-3(2)4/h1-3H,7-8H2,(H,9,10,11);3H,4H2,1-2H3. The maximum absolute atomic E-state index is 10.5. The first-order valence-electron chi connectivity index (χ1n) is 4.58. The van der Waals surface area contributed by atoms with Gasteiger partial charge in [-0.2, -0.15) is 0 Å². The molecule has 0 unspecified atom stereocenters. The Morgan fingerprint density at radius 3 is 2.06 bits per heavy atom. The zero-order valence-electron chi connectivity index (χ0n) is 9.30. The van der Waals surface area contributed by atoms with E-state index in [1.165, 1.54) is 12.1 Å². The lowest BCUT2D eigenvalue weighted by molar-refractivity contribution is -0.407. The van der Waals surface area contributed by atoms with Gasteiger partial charge in [0.1, 0.15) is 10.1 Å². The van der Waals surface area contributed by atoms with Crippen molar-refractivity contribution >= 4 is 21.5 Å². The lowest BCUT2D eigenvalue weighted by Crippen LogP contribution is -2.57. The van der Waals surface area contributed by atoms with Crippen molar-refractivity contribution in [2.24, 2.45) is 0 Å². The zero-order valence-corrected chi connectivity index (χ0v) is 10.1. The second-order valence-electron chi connectivity index (χ2n) is 3.65. The van der Waals surface area contributed by atoms with Crippen molar-refractivity contribution in [3.8, 4) is 0 Å². The molecular weight excluding hydrogens is 230 g/mol. The third-order valence-electron chi connectivity index (χ3n) is 1.30. The van der Waals surface area contributed by atoms with Crippen molar-refractivity contribution < 1.29 is 18.7 Å². The van der Waals surface area contributed by atoms with Crippen LogP contribution in [0.25, 0.3) is 0 Å². The molecule has 0 radical (unpaired) electrons. The van der Waals surface area contributed by atoms with Gasteiger partial charge in [0.25, 0.3) is 0 Å². The molecule has 0 aliphatic carbocycles. The molecule has 1 aromatic carbocycles. The Bertz CT molecular complexity index is 441. The smallest absolute Gasteiger partial charge is 0.126 e. The fraction of sp³-hybridized carbons (Fsp3) is 0.333. The molecule has 0 atom stereocenters. The lowest BCUT2D eigenvalue weighted by atomic mass is 10.3. The summed E-state index contributed by atoms with van der Waals surface area (Å²) in [5, 5.41) is 0. The van der Waals surface area contributed by atoms with E-state index in [1.807, 2.05) is 0 Å². The molecule has 0 aromatic heterocycles. The summed E-state index contributed by atoms with van der Waals surface area (Å²) in [7, 11) is -4.48. The number of nitrogens with two attached hydrogens (primary N) is 2. The van der Waals surface area contributed by atoms with Crippen molar-refractivity contribution in [1.82, 2.24) is 0 Å². The van der Waals surface area contributed by atoms with Crippen molar-refractivity contribution in [2.45, 2.75) is 24.8 Å². The molecule has 0 amide bonds. The fourth-order valence-corrected chi connectivity index (χ4v) is 1.38. The number of benzene rings is 1. The zero-order chi connectivity index (χ0) is 12.9. The second kappa shape index (κ2) is 5.69. The summed E-state index contributed by atoms with van der Waals surface area (Å²) in [5.74, 6) is 0. The average Bonchev–Trinajstić information content (AvgIpc) is 1.99. The third-order valence-corrected chi connectivity index (χ3v) is 2.21. The van der Waals surface area contributed by atoms with E-state index in [0.717, 1.165) is 6.07 Å². The Hall–Kier alpha value is -1.31. The monoisotopic (exact) mass is 247 g/mol. The summed E-state index contributed by atoms with van der Waals surface area (Å²) in [6, 6.07) is 4.21. The Morgan fingerprint density at radius 2 is 1.75 bits per heavy atom. The van der Waals surface area contributed by atoms with Crippen LogP contribution in [0.1, 0.15) is 13.8 Å². The average molecular weight is 247 g/mol. The molecule has 0 fully saturated rings. The molecule has 92 valence electrons. The molecule has 0 heterocycles. The minimum atomic E-state index is -4.48. The van der Waals surface area contributed by atoms with E-state index in [2.05, 4.69) is 19.6 Å². The molecule has 0 saturated carbocycles. The maximum Gasteiger partial charge on any atom is 0.126 e. The van der Waals surface area contributed by atoms with E-state index in [9.17, 15) is 13.0 Å². The first kappa shape index (κ1) is 14.7. The number of anilines is 2. The van der Waals surface area contributed by atoms with Gasteiger partial charge in [0.05, 0.1) is 16.6 Å². The normalized spacial score (nSPS) is 10.8. The van der Waals surface area contributed by atoms with Crippen molar-refractivity contribution in [1.29, 1.82) is 0 Å². The summed E-state index contributed by atoms with van der Waals surface area (Å²) in [5.41, 5.74) is 14.4. The molecule has 0 saturated heterocycles. The van der Waals surface area contributed by atoms with Gasteiger partial charge in [-0.3, -0.25) is 0 Å². The molecular formula is C9H17N3O3S. The first-order chi connectivity index (χ1) is 7.14. The van der Waals surface area contributed by atoms with Crippen LogP contribution >= 0.6 is 0 Å². The second-order valence-corrected chi connectivity index (χ2v) is 4.99. The minimum absolute atomic E-state index is 0.120. The number of quaternary nitrogens is 1. The molecule has 1 rings (SSSR count). The third kappa shape index (κ3) is 5.54. The van der Waals surface area contributed by atoms with Crippen LogP contribution in [0.4, 0.5) is 11.4 Å². The molecule has 0 spiro atoms. The number of nitrogen functional groups attached to an aromatic ring is 2. The van der Waals surface area contributed by atoms with Crippen LogP contribution in [0.15, 0.2) is 23.1 Å². The van der Waals surface area contributed by atoms with Gasteiger partial charge in [-0.25, -0.2) is 8.42 Å². The number of rotatable bonds is 1. The summed E-state index contributed by atoms with van der Waals surface area (Å²) in [6.45, 7) is 4.11. The predicted molar refractivity (Wildman–Crippen MR) is 61.3 cm³/mol. The quantitative estimate of drug-likeness (QED) is 0.449. The molecule has 1 aromatic rings. The van der Waals surface area contributed by atoms with Crippen molar-refractivity contribution in [2.75, 3.05) is 11.5 Å². The Labute approximate surface area is 95.2 Å². The molecule has 6 nitrogen and oxygen atoms in total. The maximum atomic E-state index is 10.5. The van der Waals surface area contributed by atoms with Gasteiger partial charge < -0.3 is 21.8 Å². The summed E-state index contributed by atoms with van der Waals surface area (Å²) in [6.07, 6.45) is 0. The van der Waals surface area contributed by atoms with Gasteiger partial charge in [0.15, 0.2) is 0 Å². The van der Waals surface area contributed by atoms with E-state index < -0.39 is 15.0 Å². The van der Waals surface area contributed by atoms with Crippen molar-refractivity contribution in [3.63, 3.8) is 0 Å². The highest BCUT2D eigenvalue weighted by atomic mass is 32.2. The van der Waals surface area contributed by atoms with Gasteiger partial charge in [-0.15, -0.1) is 0 Å². The van der Waals surface area contributed by atoms with Crippen LogP contribution in [-0.4, -0.2) is 19.0 Å². The van der Waals surface area contributed by atoms with E-state index in [1.54, 1.807) is 0 Å². The van der Waals surface area contributed by atoms with Gasteiger partial charge in [0.2, 0.25) is 0 Å². The van der Waals surface area contributed by atoms with E-state index in [0.29, 0.717) is 11.7 Å². The molecule has 7 heteroatoms. The highest BCUT2D eigenvalue weighted by molar-refractivity contribution is 7.86. The highest BCUT2D eigenvalue weighted by Gasteiger charge is 2.05. The highest BCUT2D eigenvalue weighted by Crippen LogP contribution is 2.19.